The largest absolute Gasteiger partial charge is 0.482 e. The van der Waals surface area contributed by atoms with Gasteiger partial charge in [-0.15, -0.1) is 0 Å². The molecule has 4 nitrogen and oxygen atoms in total. The lowest BCUT2D eigenvalue weighted by molar-refractivity contribution is -0.123. The molecule has 0 fully saturated rings. The Kier molecular flexibility index (Phi) is 4.76. The van der Waals surface area contributed by atoms with Crippen molar-refractivity contribution in [2.24, 2.45) is 0 Å². The molecule has 1 heterocycles. The molecule has 0 aliphatic rings. The van der Waals surface area contributed by atoms with Gasteiger partial charge in [-0.25, -0.2) is 0 Å². The SMILES string of the molecule is Cc1ccc(Cl)c(OCC(=O)N[C@H](C)c2cc3ccccc3o2)c1. The summed E-state index contributed by atoms with van der Waals surface area (Å²) < 4.78 is 11.3. The van der Waals surface area contributed by atoms with Gasteiger partial charge in [0.25, 0.3) is 5.91 Å². The smallest absolute Gasteiger partial charge is 0.258 e. The van der Waals surface area contributed by atoms with Gasteiger partial charge >= 0.3 is 0 Å². The molecule has 0 saturated heterocycles. The molecular weight excluding hydrogens is 326 g/mol. The van der Waals surface area contributed by atoms with Crippen molar-refractivity contribution >= 4 is 28.5 Å². The van der Waals surface area contributed by atoms with Crippen molar-refractivity contribution in [1.29, 1.82) is 0 Å². The number of halogens is 1. The van der Waals surface area contributed by atoms with Crippen LogP contribution < -0.4 is 10.1 Å². The van der Waals surface area contributed by atoms with Gasteiger partial charge in [0.05, 0.1) is 11.1 Å². The van der Waals surface area contributed by atoms with Crippen molar-refractivity contribution in [1.82, 2.24) is 5.32 Å². The quantitative estimate of drug-likeness (QED) is 0.733. The minimum absolute atomic E-state index is 0.103. The summed E-state index contributed by atoms with van der Waals surface area (Å²) >= 11 is 6.05. The topological polar surface area (TPSA) is 51.5 Å². The minimum Gasteiger partial charge on any atom is -0.482 e. The molecule has 5 heteroatoms. The number of carbonyl (C=O) groups is 1. The molecule has 0 spiro atoms. The monoisotopic (exact) mass is 343 g/mol. The second-order valence-corrected chi connectivity index (χ2v) is 6.11. The first kappa shape index (κ1) is 16.4. The van der Waals surface area contributed by atoms with Gasteiger partial charge in [0.15, 0.2) is 6.61 Å². The minimum atomic E-state index is -0.249. The summed E-state index contributed by atoms with van der Waals surface area (Å²) in [5, 5.41) is 4.36. The van der Waals surface area contributed by atoms with Gasteiger partial charge in [-0.3, -0.25) is 4.79 Å². The van der Waals surface area contributed by atoms with Crippen LogP contribution in [0.3, 0.4) is 0 Å². The highest BCUT2D eigenvalue weighted by Gasteiger charge is 2.15. The maximum Gasteiger partial charge on any atom is 0.258 e. The molecule has 0 aliphatic carbocycles. The van der Waals surface area contributed by atoms with Gasteiger partial charge < -0.3 is 14.5 Å². The number of carbonyl (C=O) groups excluding carboxylic acids is 1. The van der Waals surface area contributed by atoms with Crippen LogP contribution >= 0.6 is 11.6 Å². The van der Waals surface area contributed by atoms with Crippen molar-refractivity contribution in [2.75, 3.05) is 6.61 Å². The fourth-order valence-electron chi connectivity index (χ4n) is 2.43. The Bertz CT molecular complexity index is 839. The number of para-hydroxylation sites is 1. The molecule has 1 N–H and O–H groups in total. The maximum atomic E-state index is 12.1. The average Bonchev–Trinajstić information content (AvgIpc) is 3.00. The molecular formula is C19H18ClNO3. The highest BCUT2D eigenvalue weighted by Crippen LogP contribution is 2.26. The van der Waals surface area contributed by atoms with E-state index in [0.717, 1.165) is 16.5 Å². The zero-order chi connectivity index (χ0) is 17.1. The van der Waals surface area contributed by atoms with E-state index in [0.29, 0.717) is 16.5 Å². The number of amides is 1. The van der Waals surface area contributed by atoms with Gasteiger partial charge in [0, 0.05) is 5.39 Å². The molecule has 0 unspecified atom stereocenters. The molecule has 1 amide bonds. The van der Waals surface area contributed by atoms with Crippen molar-refractivity contribution in [3.8, 4) is 5.75 Å². The number of nitrogens with one attached hydrogen (secondary N) is 1. The van der Waals surface area contributed by atoms with Crippen LogP contribution in [0.4, 0.5) is 0 Å². The number of fused-ring (bicyclic) bond motifs is 1. The molecule has 1 aromatic heterocycles. The van der Waals surface area contributed by atoms with Crippen LogP contribution in [0.2, 0.25) is 5.02 Å². The maximum absolute atomic E-state index is 12.1. The van der Waals surface area contributed by atoms with E-state index in [-0.39, 0.29) is 18.6 Å². The number of aryl methyl sites for hydroxylation is 1. The van der Waals surface area contributed by atoms with Crippen molar-refractivity contribution < 1.29 is 13.9 Å². The van der Waals surface area contributed by atoms with E-state index >= 15 is 0 Å². The molecule has 0 radical (unpaired) electrons. The van der Waals surface area contributed by atoms with Crippen molar-refractivity contribution in [3.05, 3.63) is 64.9 Å². The van der Waals surface area contributed by atoms with E-state index in [1.165, 1.54) is 0 Å². The number of hydrogen-bond acceptors (Lipinski definition) is 3. The highest BCUT2D eigenvalue weighted by molar-refractivity contribution is 6.32. The van der Waals surface area contributed by atoms with E-state index in [4.69, 9.17) is 20.8 Å². The molecule has 3 rings (SSSR count). The van der Waals surface area contributed by atoms with Gasteiger partial charge in [0.2, 0.25) is 0 Å². The van der Waals surface area contributed by atoms with E-state index in [1.54, 1.807) is 12.1 Å². The molecule has 0 saturated carbocycles. The summed E-state index contributed by atoms with van der Waals surface area (Å²) in [4.78, 5) is 12.1. The lowest BCUT2D eigenvalue weighted by Gasteiger charge is -2.13. The van der Waals surface area contributed by atoms with Crippen LogP contribution in [0.25, 0.3) is 11.0 Å². The van der Waals surface area contributed by atoms with E-state index in [9.17, 15) is 4.79 Å². The summed E-state index contributed by atoms with van der Waals surface area (Å²) in [7, 11) is 0. The first-order valence-electron chi connectivity index (χ1n) is 7.70. The number of hydrogen-bond donors (Lipinski definition) is 1. The lowest BCUT2D eigenvalue weighted by atomic mass is 10.2. The molecule has 0 bridgehead atoms. The molecule has 24 heavy (non-hydrogen) atoms. The Morgan fingerprint density at radius 1 is 1.25 bits per heavy atom. The second-order valence-electron chi connectivity index (χ2n) is 5.70. The van der Waals surface area contributed by atoms with Gasteiger partial charge in [-0.1, -0.05) is 35.9 Å². The molecule has 1 atom stereocenters. The van der Waals surface area contributed by atoms with Gasteiger partial charge in [-0.2, -0.15) is 0 Å². The predicted octanol–water partition coefficient (Wildman–Crippen LogP) is 4.65. The number of furan rings is 1. The fraction of sp³-hybridized carbons (Fsp3) is 0.211. The summed E-state index contributed by atoms with van der Waals surface area (Å²) in [6.45, 7) is 3.70. The van der Waals surface area contributed by atoms with Gasteiger partial charge in [0.1, 0.15) is 17.1 Å². The molecule has 0 aliphatic heterocycles. The fourth-order valence-corrected chi connectivity index (χ4v) is 2.61. The summed E-state index contributed by atoms with van der Waals surface area (Å²) in [5.41, 5.74) is 1.82. The Morgan fingerprint density at radius 2 is 2.04 bits per heavy atom. The van der Waals surface area contributed by atoms with Gasteiger partial charge in [-0.05, 0) is 43.7 Å². The second kappa shape index (κ2) is 6.97. The third kappa shape index (κ3) is 3.71. The standard InChI is InChI=1S/C19H18ClNO3/c1-12-7-8-15(20)18(9-12)23-11-19(22)21-13(2)17-10-14-5-3-4-6-16(14)24-17/h3-10,13H,11H2,1-2H3,(H,21,22)/t13-/m1/s1. The van der Waals surface area contributed by atoms with Crippen LogP contribution in [0, 0.1) is 6.92 Å². The number of ether oxygens (including phenoxy) is 1. The summed E-state index contributed by atoms with van der Waals surface area (Å²) in [6, 6.07) is 14.9. The Labute approximate surface area is 145 Å². The Balaban J connectivity index is 1.60. The average molecular weight is 344 g/mol. The zero-order valence-corrected chi connectivity index (χ0v) is 14.3. The number of rotatable bonds is 5. The van der Waals surface area contributed by atoms with Crippen molar-refractivity contribution in [2.45, 2.75) is 19.9 Å². The van der Waals surface area contributed by atoms with Crippen LogP contribution in [-0.4, -0.2) is 12.5 Å². The van der Waals surface area contributed by atoms with Crippen LogP contribution in [0.5, 0.6) is 5.75 Å². The molecule has 2 aromatic carbocycles. The molecule has 124 valence electrons. The Hall–Kier alpha value is -2.46. The van der Waals surface area contributed by atoms with Crippen molar-refractivity contribution in [3.63, 3.8) is 0 Å². The first-order chi connectivity index (χ1) is 11.5. The van der Waals surface area contributed by atoms with Crippen LogP contribution in [0.1, 0.15) is 24.3 Å². The predicted molar refractivity (Wildman–Crippen MR) is 94.5 cm³/mol. The van der Waals surface area contributed by atoms with Crippen LogP contribution in [-0.2, 0) is 4.79 Å². The van der Waals surface area contributed by atoms with E-state index < -0.39 is 0 Å². The summed E-state index contributed by atoms with van der Waals surface area (Å²) in [6.07, 6.45) is 0. The third-order valence-electron chi connectivity index (χ3n) is 3.69. The van der Waals surface area contributed by atoms with Crippen LogP contribution in [0.15, 0.2) is 52.9 Å². The first-order valence-corrected chi connectivity index (χ1v) is 8.07. The lowest BCUT2D eigenvalue weighted by Crippen LogP contribution is -2.31. The Morgan fingerprint density at radius 3 is 2.83 bits per heavy atom. The highest BCUT2D eigenvalue weighted by atomic mass is 35.5. The normalized spacial score (nSPS) is 12.1. The zero-order valence-electron chi connectivity index (χ0n) is 13.5. The van der Waals surface area contributed by atoms with E-state index in [1.807, 2.05) is 50.2 Å². The third-order valence-corrected chi connectivity index (χ3v) is 4.01. The summed E-state index contributed by atoms with van der Waals surface area (Å²) in [5.74, 6) is 0.974. The van der Waals surface area contributed by atoms with E-state index in [2.05, 4.69) is 5.32 Å². The molecule has 3 aromatic rings. The number of benzene rings is 2.